The van der Waals surface area contributed by atoms with Crippen molar-refractivity contribution in [2.24, 2.45) is 11.8 Å². The van der Waals surface area contributed by atoms with Gasteiger partial charge in [-0.25, -0.2) is 0 Å². The third-order valence-corrected chi connectivity index (χ3v) is 5.48. The van der Waals surface area contributed by atoms with Crippen LogP contribution in [0.5, 0.6) is 0 Å². The number of anilines is 1. The second-order valence-corrected chi connectivity index (χ2v) is 7.30. The molecule has 2 aliphatic heterocycles. The Labute approximate surface area is 160 Å². The topological polar surface area (TPSA) is 66.9 Å². The summed E-state index contributed by atoms with van der Waals surface area (Å²) in [6.07, 6.45) is 2.72. The highest BCUT2D eigenvalue weighted by atomic mass is 16.5. The Morgan fingerprint density at radius 2 is 1.85 bits per heavy atom. The van der Waals surface area contributed by atoms with Crippen LogP contribution in [0.3, 0.4) is 0 Å². The molecule has 2 heterocycles. The minimum absolute atomic E-state index is 0.0171. The molecule has 2 fully saturated rings. The Morgan fingerprint density at radius 1 is 1.11 bits per heavy atom. The molecule has 2 saturated heterocycles. The molecule has 0 N–H and O–H groups in total. The van der Waals surface area contributed by atoms with Gasteiger partial charge in [0.05, 0.1) is 18.4 Å². The van der Waals surface area contributed by atoms with Gasteiger partial charge >= 0.3 is 5.97 Å². The standard InChI is InChI=1S/C21H28N2O4/c1-3-15-7-9-18(10-8-15)23-14-17(12-19(23)24)20(25)22-11-5-6-16(13-22)21(26)27-4-2/h7-10,16-17H,3-6,11-14H2,1-2H3/t16-,17+/m0/s1. The van der Waals surface area contributed by atoms with Gasteiger partial charge in [-0.15, -0.1) is 0 Å². The SMILES string of the molecule is CCOC(=O)[C@H]1CCCN(C(=O)[C@@H]2CC(=O)N(c3ccc(CC)cc3)C2)C1. The molecule has 2 atom stereocenters. The van der Waals surface area contributed by atoms with E-state index >= 15 is 0 Å². The number of aryl methyl sites for hydroxylation is 1. The number of piperidine rings is 1. The van der Waals surface area contributed by atoms with Crippen molar-refractivity contribution in [1.29, 1.82) is 0 Å². The molecular formula is C21H28N2O4. The van der Waals surface area contributed by atoms with Crippen LogP contribution in [-0.2, 0) is 25.5 Å². The molecule has 0 bridgehead atoms. The van der Waals surface area contributed by atoms with Crippen molar-refractivity contribution in [1.82, 2.24) is 4.90 Å². The molecule has 6 nitrogen and oxygen atoms in total. The normalized spacial score (nSPS) is 22.8. The molecule has 27 heavy (non-hydrogen) atoms. The maximum Gasteiger partial charge on any atom is 0.310 e. The first-order valence-electron chi connectivity index (χ1n) is 9.88. The molecule has 1 aromatic carbocycles. The Hall–Kier alpha value is -2.37. The number of amides is 2. The van der Waals surface area contributed by atoms with E-state index in [0.29, 0.717) is 26.2 Å². The van der Waals surface area contributed by atoms with Crippen molar-refractivity contribution in [3.05, 3.63) is 29.8 Å². The summed E-state index contributed by atoms with van der Waals surface area (Å²) in [6.45, 7) is 5.68. The summed E-state index contributed by atoms with van der Waals surface area (Å²) in [7, 11) is 0. The first kappa shape index (κ1) is 19.4. The average molecular weight is 372 g/mol. The fourth-order valence-corrected chi connectivity index (χ4v) is 3.92. The molecule has 146 valence electrons. The number of carbonyl (C=O) groups is 3. The van der Waals surface area contributed by atoms with Crippen LogP contribution in [0.1, 0.15) is 38.7 Å². The number of esters is 1. The van der Waals surface area contributed by atoms with Gasteiger partial charge in [-0.3, -0.25) is 14.4 Å². The molecule has 0 radical (unpaired) electrons. The summed E-state index contributed by atoms with van der Waals surface area (Å²) in [5, 5.41) is 0. The van der Waals surface area contributed by atoms with Crippen molar-refractivity contribution in [2.75, 3.05) is 31.1 Å². The van der Waals surface area contributed by atoms with E-state index in [-0.39, 0.29) is 36.0 Å². The number of hydrogen-bond donors (Lipinski definition) is 0. The number of likely N-dealkylation sites (tertiary alicyclic amines) is 1. The number of rotatable bonds is 5. The Bertz CT molecular complexity index is 701. The molecule has 0 aromatic heterocycles. The minimum atomic E-state index is -0.343. The van der Waals surface area contributed by atoms with E-state index in [1.807, 2.05) is 24.3 Å². The lowest BCUT2D eigenvalue weighted by molar-refractivity contribution is -0.152. The molecular weight excluding hydrogens is 344 g/mol. The summed E-state index contributed by atoms with van der Waals surface area (Å²) in [5.74, 6) is -0.863. The van der Waals surface area contributed by atoms with Gasteiger partial charge in [-0.1, -0.05) is 19.1 Å². The maximum absolute atomic E-state index is 12.9. The van der Waals surface area contributed by atoms with Gasteiger partial charge in [-0.2, -0.15) is 0 Å². The smallest absolute Gasteiger partial charge is 0.310 e. The van der Waals surface area contributed by atoms with Crippen LogP contribution in [0.2, 0.25) is 0 Å². The highest BCUT2D eigenvalue weighted by Gasteiger charge is 2.39. The van der Waals surface area contributed by atoms with Crippen LogP contribution >= 0.6 is 0 Å². The first-order chi connectivity index (χ1) is 13.0. The summed E-state index contributed by atoms with van der Waals surface area (Å²) >= 11 is 0. The lowest BCUT2D eigenvalue weighted by Crippen LogP contribution is -2.45. The molecule has 0 unspecified atom stereocenters. The molecule has 2 aliphatic rings. The van der Waals surface area contributed by atoms with Crippen molar-refractivity contribution in [2.45, 2.75) is 39.5 Å². The van der Waals surface area contributed by atoms with E-state index < -0.39 is 0 Å². The zero-order valence-electron chi connectivity index (χ0n) is 16.1. The van der Waals surface area contributed by atoms with Crippen LogP contribution in [-0.4, -0.2) is 48.9 Å². The zero-order chi connectivity index (χ0) is 19.4. The van der Waals surface area contributed by atoms with Crippen molar-refractivity contribution >= 4 is 23.5 Å². The van der Waals surface area contributed by atoms with E-state index in [4.69, 9.17) is 4.74 Å². The summed E-state index contributed by atoms with van der Waals surface area (Å²) in [5.41, 5.74) is 2.06. The van der Waals surface area contributed by atoms with Gasteiger partial charge in [0.2, 0.25) is 11.8 Å². The van der Waals surface area contributed by atoms with Crippen LogP contribution in [0.4, 0.5) is 5.69 Å². The fourth-order valence-electron chi connectivity index (χ4n) is 3.92. The predicted molar refractivity (Wildman–Crippen MR) is 102 cm³/mol. The minimum Gasteiger partial charge on any atom is -0.466 e. The third kappa shape index (κ3) is 4.31. The van der Waals surface area contributed by atoms with Crippen molar-refractivity contribution in [3.63, 3.8) is 0 Å². The molecule has 0 aliphatic carbocycles. The molecule has 0 saturated carbocycles. The number of benzene rings is 1. The third-order valence-electron chi connectivity index (χ3n) is 5.48. The number of ether oxygens (including phenoxy) is 1. The molecule has 6 heteroatoms. The lowest BCUT2D eigenvalue weighted by Gasteiger charge is -2.33. The van der Waals surface area contributed by atoms with Gasteiger partial charge in [0.15, 0.2) is 0 Å². The van der Waals surface area contributed by atoms with Crippen LogP contribution in [0.25, 0.3) is 0 Å². The van der Waals surface area contributed by atoms with Crippen molar-refractivity contribution < 1.29 is 19.1 Å². The molecule has 0 spiro atoms. The lowest BCUT2D eigenvalue weighted by atomic mass is 9.96. The molecule has 2 amide bonds. The van der Waals surface area contributed by atoms with E-state index in [9.17, 15) is 14.4 Å². The first-order valence-corrected chi connectivity index (χ1v) is 9.88. The van der Waals surface area contributed by atoms with Gasteiger partial charge < -0.3 is 14.5 Å². The monoisotopic (exact) mass is 372 g/mol. The van der Waals surface area contributed by atoms with Crippen LogP contribution in [0, 0.1) is 11.8 Å². The molecule has 1 aromatic rings. The van der Waals surface area contributed by atoms with Gasteiger partial charge in [0, 0.05) is 31.7 Å². The van der Waals surface area contributed by atoms with E-state index in [1.165, 1.54) is 5.56 Å². The summed E-state index contributed by atoms with van der Waals surface area (Å²) in [6, 6.07) is 7.93. The summed E-state index contributed by atoms with van der Waals surface area (Å²) in [4.78, 5) is 40.9. The van der Waals surface area contributed by atoms with Crippen molar-refractivity contribution in [3.8, 4) is 0 Å². The highest BCUT2D eigenvalue weighted by Crippen LogP contribution is 2.28. The highest BCUT2D eigenvalue weighted by molar-refractivity contribution is 6.00. The number of hydrogen-bond acceptors (Lipinski definition) is 4. The van der Waals surface area contributed by atoms with Gasteiger partial charge in [-0.05, 0) is 43.9 Å². The number of nitrogens with zero attached hydrogens (tertiary/aromatic N) is 2. The fraction of sp³-hybridized carbons (Fsp3) is 0.571. The van der Waals surface area contributed by atoms with Gasteiger partial charge in [0.1, 0.15) is 0 Å². The maximum atomic E-state index is 12.9. The predicted octanol–water partition coefficient (Wildman–Crippen LogP) is 2.40. The average Bonchev–Trinajstić information content (AvgIpc) is 3.09. The largest absolute Gasteiger partial charge is 0.466 e. The van der Waals surface area contributed by atoms with E-state index in [2.05, 4.69) is 6.92 Å². The van der Waals surface area contributed by atoms with Gasteiger partial charge in [0.25, 0.3) is 0 Å². The Morgan fingerprint density at radius 3 is 2.52 bits per heavy atom. The summed E-state index contributed by atoms with van der Waals surface area (Å²) < 4.78 is 5.11. The van der Waals surface area contributed by atoms with Crippen LogP contribution < -0.4 is 4.90 Å². The second-order valence-electron chi connectivity index (χ2n) is 7.30. The zero-order valence-corrected chi connectivity index (χ0v) is 16.1. The second kappa shape index (κ2) is 8.55. The Balaban J connectivity index is 1.63. The van der Waals surface area contributed by atoms with E-state index in [1.54, 1.807) is 16.7 Å². The quantitative estimate of drug-likeness (QED) is 0.745. The Kier molecular flexibility index (Phi) is 6.14. The molecule has 3 rings (SSSR count). The van der Waals surface area contributed by atoms with Crippen LogP contribution in [0.15, 0.2) is 24.3 Å². The van der Waals surface area contributed by atoms with E-state index in [0.717, 1.165) is 24.9 Å². The number of carbonyl (C=O) groups excluding carboxylic acids is 3.